The first-order valence-electron chi connectivity index (χ1n) is 8.86. The number of sulfonamides is 1. The molecule has 1 saturated carbocycles. The third kappa shape index (κ3) is 5.25. The Balaban J connectivity index is 1.39. The summed E-state index contributed by atoms with van der Waals surface area (Å²) in [6.07, 6.45) is 3.45. The summed E-state index contributed by atoms with van der Waals surface area (Å²) in [6, 6.07) is 5.73. The number of rotatable bonds is 8. The van der Waals surface area contributed by atoms with Crippen LogP contribution in [0.25, 0.3) is 0 Å². The molecule has 26 heavy (non-hydrogen) atoms. The number of benzene rings is 1. The molecule has 9 heteroatoms. The Bertz CT molecular complexity index is 747. The number of guanidine groups is 1. The van der Waals surface area contributed by atoms with Crippen molar-refractivity contribution in [3.05, 3.63) is 23.8 Å². The lowest BCUT2D eigenvalue weighted by atomic mass is 9.86. The molecule has 1 aliphatic heterocycles. The van der Waals surface area contributed by atoms with Crippen LogP contribution in [0.15, 0.2) is 23.2 Å². The van der Waals surface area contributed by atoms with Crippen molar-refractivity contribution < 1.29 is 17.9 Å². The summed E-state index contributed by atoms with van der Waals surface area (Å²) in [5, 5.41) is 6.19. The maximum Gasteiger partial charge on any atom is 0.231 e. The zero-order valence-corrected chi connectivity index (χ0v) is 15.8. The van der Waals surface area contributed by atoms with Gasteiger partial charge in [0, 0.05) is 26.7 Å². The Kier molecular flexibility index (Phi) is 6.20. The number of nitrogens with one attached hydrogen (secondary N) is 3. The fraction of sp³-hybridized carbons (Fsp3) is 0.588. The molecule has 0 saturated heterocycles. The number of fused-ring (bicyclic) bond motifs is 1. The highest BCUT2D eigenvalue weighted by atomic mass is 32.2. The normalized spacial score (nSPS) is 17.0. The van der Waals surface area contributed by atoms with Gasteiger partial charge < -0.3 is 20.1 Å². The molecule has 1 heterocycles. The van der Waals surface area contributed by atoms with Gasteiger partial charge in [-0.25, -0.2) is 13.1 Å². The lowest BCUT2D eigenvalue weighted by molar-refractivity contribution is 0.174. The monoisotopic (exact) mass is 382 g/mol. The Morgan fingerprint density at radius 3 is 2.77 bits per heavy atom. The molecule has 1 aliphatic carbocycles. The SMILES string of the molecule is CN=C(NCCS(=O)(=O)NCC1CCC1)NCc1ccc2c(c1)OCO2. The second-order valence-corrected chi connectivity index (χ2v) is 8.43. The van der Waals surface area contributed by atoms with E-state index in [9.17, 15) is 8.42 Å². The predicted molar refractivity (Wildman–Crippen MR) is 99.9 cm³/mol. The van der Waals surface area contributed by atoms with Gasteiger partial charge in [0.2, 0.25) is 16.8 Å². The standard InChI is InChI=1S/C17H26N4O4S/c1-18-17(19-7-8-26(22,23)21-11-13-3-2-4-13)20-10-14-5-6-15-16(9-14)25-12-24-15/h5-6,9,13,21H,2-4,7-8,10-12H2,1H3,(H2,18,19,20). The van der Waals surface area contributed by atoms with E-state index in [1.54, 1.807) is 7.05 Å². The minimum Gasteiger partial charge on any atom is -0.454 e. The average molecular weight is 382 g/mol. The Hall–Kier alpha value is -2.00. The molecule has 1 aromatic carbocycles. The molecule has 1 aromatic rings. The van der Waals surface area contributed by atoms with E-state index in [0.29, 0.717) is 31.5 Å². The highest BCUT2D eigenvalue weighted by molar-refractivity contribution is 7.89. The minimum absolute atomic E-state index is 0.0183. The number of aliphatic imine (C=N–C) groups is 1. The molecule has 0 amide bonds. The van der Waals surface area contributed by atoms with Crippen LogP contribution in [-0.2, 0) is 16.6 Å². The number of ether oxygens (including phenoxy) is 2. The Morgan fingerprint density at radius 1 is 1.23 bits per heavy atom. The van der Waals surface area contributed by atoms with E-state index in [-0.39, 0.29) is 12.5 Å². The average Bonchev–Trinajstić information content (AvgIpc) is 3.04. The summed E-state index contributed by atoms with van der Waals surface area (Å²) in [4.78, 5) is 4.12. The second kappa shape index (κ2) is 8.59. The van der Waals surface area contributed by atoms with Crippen LogP contribution in [0.5, 0.6) is 11.5 Å². The Labute approximate surface area is 154 Å². The van der Waals surface area contributed by atoms with Gasteiger partial charge in [-0.15, -0.1) is 0 Å². The molecule has 8 nitrogen and oxygen atoms in total. The molecular formula is C17H26N4O4S. The van der Waals surface area contributed by atoms with Gasteiger partial charge in [-0.3, -0.25) is 4.99 Å². The Morgan fingerprint density at radius 2 is 2.04 bits per heavy atom. The number of hydrogen-bond acceptors (Lipinski definition) is 5. The molecular weight excluding hydrogens is 356 g/mol. The zero-order chi connectivity index (χ0) is 18.4. The quantitative estimate of drug-likeness (QED) is 0.454. The van der Waals surface area contributed by atoms with Crippen molar-refractivity contribution >= 4 is 16.0 Å². The minimum atomic E-state index is -3.26. The summed E-state index contributed by atoms with van der Waals surface area (Å²) in [7, 11) is -1.61. The van der Waals surface area contributed by atoms with Crippen molar-refractivity contribution in [1.82, 2.24) is 15.4 Å². The van der Waals surface area contributed by atoms with Crippen LogP contribution in [0, 0.1) is 5.92 Å². The largest absolute Gasteiger partial charge is 0.454 e. The van der Waals surface area contributed by atoms with Crippen molar-refractivity contribution in [3.63, 3.8) is 0 Å². The van der Waals surface area contributed by atoms with Crippen LogP contribution < -0.4 is 24.8 Å². The lowest BCUT2D eigenvalue weighted by Crippen LogP contribution is -2.41. The smallest absolute Gasteiger partial charge is 0.231 e. The van der Waals surface area contributed by atoms with Gasteiger partial charge in [-0.05, 0) is 36.5 Å². The zero-order valence-electron chi connectivity index (χ0n) is 15.0. The molecule has 3 rings (SSSR count). The molecule has 0 atom stereocenters. The van der Waals surface area contributed by atoms with E-state index in [0.717, 1.165) is 29.9 Å². The van der Waals surface area contributed by atoms with Crippen molar-refractivity contribution in [3.8, 4) is 11.5 Å². The molecule has 3 N–H and O–H groups in total. The topological polar surface area (TPSA) is 101 Å². The van der Waals surface area contributed by atoms with Gasteiger partial charge in [0.25, 0.3) is 0 Å². The van der Waals surface area contributed by atoms with E-state index in [4.69, 9.17) is 9.47 Å². The maximum absolute atomic E-state index is 12.0. The van der Waals surface area contributed by atoms with E-state index >= 15 is 0 Å². The fourth-order valence-electron chi connectivity index (χ4n) is 2.78. The number of nitrogens with zero attached hydrogens (tertiary/aromatic N) is 1. The van der Waals surface area contributed by atoms with E-state index in [1.807, 2.05) is 18.2 Å². The molecule has 0 radical (unpaired) electrons. The molecule has 0 unspecified atom stereocenters. The van der Waals surface area contributed by atoms with Gasteiger partial charge in [0.1, 0.15) is 0 Å². The van der Waals surface area contributed by atoms with Crippen LogP contribution in [0.3, 0.4) is 0 Å². The summed E-state index contributed by atoms with van der Waals surface area (Å²) in [6.45, 7) is 1.64. The van der Waals surface area contributed by atoms with Crippen LogP contribution in [0.2, 0.25) is 0 Å². The maximum atomic E-state index is 12.0. The van der Waals surface area contributed by atoms with E-state index < -0.39 is 10.0 Å². The molecule has 2 aliphatic rings. The lowest BCUT2D eigenvalue weighted by Gasteiger charge is -2.25. The molecule has 1 fully saturated rings. The first kappa shape index (κ1) is 18.8. The van der Waals surface area contributed by atoms with Gasteiger partial charge >= 0.3 is 0 Å². The van der Waals surface area contributed by atoms with E-state index in [2.05, 4.69) is 20.3 Å². The molecule has 0 spiro atoms. The highest BCUT2D eigenvalue weighted by Crippen LogP contribution is 2.32. The summed E-state index contributed by atoms with van der Waals surface area (Å²) >= 11 is 0. The summed E-state index contributed by atoms with van der Waals surface area (Å²) in [5.74, 6) is 2.56. The third-order valence-corrected chi connectivity index (χ3v) is 5.95. The summed E-state index contributed by atoms with van der Waals surface area (Å²) < 4.78 is 37.3. The molecule has 144 valence electrons. The first-order chi connectivity index (χ1) is 12.6. The highest BCUT2D eigenvalue weighted by Gasteiger charge is 2.20. The summed E-state index contributed by atoms with van der Waals surface area (Å²) in [5.41, 5.74) is 1.02. The van der Waals surface area contributed by atoms with Crippen LogP contribution in [-0.4, -0.2) is 47.1 Å². The first-order valence-corrected chi connectivity index (χ1v) is 10.5. The fourth-order valence-corrected chi connectivity index (χ4v) is 3.78. The van der Waals surface area contributed by atoms with Crippen molar-refractivity contribution in [1.29, 1.82) is 0 Å². The van der Waals surface area contributed by atoms with Crippen molar-refractivity contribution in [2.45, 2.75) is 25.8 Å². The van der Waals surface area contributed by atoms with Crippen molar-refractivity contribution in [2.24, 2.45) is 10.9 Å². The molecule has 0 aromatic heterocycles. The van der Waals surface area contributed by atoms with Crippen LogP contribution in [0.1, 0.15) is 24.8 Å². The van der Waals surface area contributed by atoms with Crippen LogP contribution in [0.4, 0.5) is 0 Å². The third-order valence-electron chi connectivity index (χ3n) is 4.60. The van der Waals surface area contributed by atoms with Crippen molar-refractivity contribution in [2.75, 3.05) is 32.7 Å². The predicted octanol–water partition coefficient (Wildman–Crippen LogP) is 0.800. The van der Waals surface area contributed by atoms with Gasteiger partial charge in [-0.2, -0.15) is 0 Å². The second-order valence-electron chi connectivity index (χ2n) is 6.50. The van der Waals surface area contributed by atoms with E-state index in [1.165, 1.54) is 6.42 Å². The van der Waals surface area contributed by atoms with Gasteiger partial charge in [-0.1, -0.05) is 12.5 Å². The van der Waals surface area contributed by atoms with Crippen LogP contribution >= 0.6 is 0 Å². The molecule has 0 bridgehead atoms. The number of hydrogen-bond donors (Lipinski definition) is 3. The van der Waals surface area contributed by atoms with Gasteiger partial charge in [0.15, 0.2) is 17.5 Å². The van der Waals surface area contributed by atoms with Gasteiger partial charge in [0.05, 0.1) is 5.75 Å².